The highest BCUT2D eigenvalue weighted by Gasteiger charge is 2.35. The predicted octanol–water partition coefficient (Wildman–Crippen LogP) is 5.50. The molecule has 6 atom stereocenters. The van der Waals surface area contributed by atoms with E-state index in [1.165, 1.54) is 25.7 Å². The molecule has 1 fully saturated rings. The first-order valence-corrected chi connectivity index (χ1v) is 8.53. The van der Waals surface area contributed by atoms with Crippen LogP contribution in [0.1, 0.15) is 66.7 Å². The van der Waals surface area contributed by atoms with Crippen molar-refractivity contribution in [1.82, 2.24) is 0 Å². The number of hydrogen-bond acceptors (Lipinski definition) is 1. The summed E-state index contributed by atoms with van der Waals surface area (Å²) >= 11 is 0. The van der Waals surface area contributed by atoms with Gasteiger partial charge in [-0.25, -0.2) is 0 Å². The van der Waals surface area contributed by atoms with E-state index in [0.29, 0.717) is 23.5 Å². The fraction of sp³-hybridized carbons (Fsp3) is 0.842. The second-order valence-electron chi connectivity index (χ2n) is 7.27. The van der Waals surface area contributed by atoms with E-state index in [0.717, 1.165) is 24.2 Å². The number of carbonyl (C=O) groups is 1. The summed E-state index contributed by atoms with van der Waals surface area (Å²) in [4.78, 5) is 11.8. The molecule has 0 aromatic heterocycles. The molecule has 1 rings (SSSR count). The van der Waals surface area contributed by atoms with Crippen molar-refractivity contribution < 1.29 is 4.79 Å². The van der Waals surface area contributed by atoms with Gasteiger partial charge in [-0.15, -0.1) is 6.58 Å². The van der Waals surface area contributed by atoms with Gasteiger partial charge in [-0.2, -0.15) is 0 Å². The maximum atomic E-state index is 11.8. The van der Waals surface area contributed by atoms with Gasteiger partial charge in [0.2, 0.25) is 0 Å². The van der Waals surface area contributed by atoms with Gasteiger partial charge in [0.15, 0.2) is 0 Å². The van der Waals surface area contributed by atoms with Gasteiger partial charge in [-0.1, -0.05) is 40.2 Å². The molecule has 0 radical (unpaired) electrons. The van der Waals surface area contributed by atoms with Gasteiger partial charge in [0.25, 0.3) is 0 Å². The van der Waals surface area contributed by atoms with Crippen molar-refractivity contribution in [2.45, 2.75) is 66.7 Å². The molecule has 1 aliphatic rings. The molecule has 116 valence electrons. The molecular formula is C19H34O. The Morgan fingerprint density at radius 2 is 2.00 bits per heavy atom. The fourth-order valence-electron chi connectivity index (χ4n) is 4.36. The number of carbonyl (C=O) groups excluding carboxylic acids is 1. The van der Waals surface area contributed by atoms with E-state index in [2.05, 4.69) is 40.3 Å². The summed E-state index contributed by atoms with van der Waals surface area (Å²) in [6, 6.07) is 0. The van der Waals surface area contributed by atoms with Crippen LogP contribution >= 0.6 is 0 Å². The number of Topliss-reactive ketones (excluding diaryl/α,β-unsaturated/α-hetero) is 1. The molecule has 0 saturated heterocycles. The highest BCUT2D eigenvalue weighted by atomic mass is 16.1. The molecule has 0 bridgehead atoms. The topological polar surface area (TPSA) is 17.1 Å². The third-order valence-electron chi connectivity index (χ3n) is 5.71. The van der Waals surface area contributed by atoms with Crippen LogP contribution in [-0.2, 0) is 4.79 Å². The fourth-order valence-corrected chi connectivity index (χ4v) is 4.36. The van der Waals surface area contributed by atoms with Crippen molar-refractivity contribution in [1.29, 1.82) is 0 Å². The van der Waals surface area contributed by atoms with Crippen molar-refractivity contribution in [3.8, 4) is 0 Å². The van der Waals surface area contributed by atoms with E-state index in [1.54, 1.807) is 6.92 Å². The number of hydrogen-bond donors (Lipinski definition) is 0. The van der Waals surface area contributed by atoms with Crippen LogP contribution < -0.4 is 0 Å². The van der Waals surface area contributed by atoms with Crippen molar-refractivity contribution in [2.24, 2.45) is 35.5 Å². The Morgan fingerprint density at radius 3 is 2.50 bits per heavy atom. The number of rotatable bonds is 7. The van der Waals surface area contributed by atoms with Gasteiger partial charge in [0, 0.05) is 5.92 Å². The predicted molar refractivity (Wildman–Crippen MR) is 87.6 cm³/mol. The van der Waals surface area contributed by atoms with Gasteiger partial charge in [0.1, 0.15) is 5.78 Å². The first-order valence-electron chi connectivity index (χ1n) is 8.53. The third kappa shape index (κ3) is 4.46. The summed E-state index contributed by atoms with van der Waals surface area (Å²) in [6.45, 7) is 14.9. The largest absolute Gasteiger partial charge is 0.300 e. The second kappa shape index (κ2) is 8.00. The SMILES string of the molecule is C=CC(C)C[C@H](C)C1CC([C@@H](CC)C(C)=O)CC[C@@H]1C. The lowest BCUT2D eigenvalue weighted by Gasteiger charge is -2.40. The van der Waals surface area contributed by atoms with E-state index in [4.69, 9.17) is 0 Å². The smallest absolute Gasteiger partial charge is 0.133 e. The van der Waals surface area contributed by atoms with Crippen LogP contribution in [0.5, 0.6) is 0 Å². The zero-order chi connectivity index (χ0) is 15.3. The molecular weight excluding hydrogens is 244 g/mol. The van der Waals surface area contributed by atoms with Crippen LogP contribution in [0.4, 0.5) is 0 Å². The van der Waals surface area contributed by atoms with Gasteiger partial charge in [-0.05, 0) is 62.2 Å². The van der Waals surface area contributed by atoms with Gasteiger partial charge >= 0.3 is 0 Å². The summed E-state index contributed by atoms with van der Waals surface area (Å²) in [6.07, 6.45) is 8.13. The maximum absolute atomic E-state index is 11.8. The molecule has 1 nitrogen and oxygen atoms in total. The summed E-state index contributed by atoms with van der Waals surface area (Å²) in [5, 5.41) is 0. The van der Waals surface area contributed by atoms with E-state index < -0.39 is 0 Å². The molecule has 20 heavy (non-hydrogen) atoms. The zero-order valence-electron chi connectivity index (χ0n) is 14.2. The van der Waals surface area contributed by atoms with Gasteiger partial charge in [0.05, 0.1) is 0 Å². The Hall–Kier alpha value is -0.590. The lowest BCUT2D eigenvalue weighted by molar-refractivity contribution is -0.123. The first-order chi connectivity index (χ1) is 9.40. The van der Waals surface area contributed by atoms with Gasteiger partial charge < -0.3 is 0 Å². The van der Waals surface area contributed by atoms with Crippen LogP contribution in [0, 0.1) is 35.5 Å². The third-order valence-corrected chi connectivity index (χ3v) is 5.71. The van der Waals surface area contributed by atoms with E-state index >= 15 is 0 Å². The summed E-state index contributed by atoms with van der Waals surface area (Å²) in [7, 11) is 0. The zero-order valence-corrected chi connectivity index (χ0v) is 14.2. The Kier molecular flexibility index (Phi) is 6.99. The van der Waals surface area contributed by atoms with Crippen molar-refractivity contribution in [3.05, 3.63) is 12.7 Å². The number of allylic oxidation sites excluding steroid dienone is 1. The van der Waals surface area contributed by atoms with Crippen molar-refractivity contribution in [2.75, 3.05) is 0 Å². The molecule has 0 heterocycles. The molecule has 0 amide bonds. The van der Waals surface area contributed by atoms with Crippen LogP contribution in [0.3, 0.4) is 0 Å². The molecule has 3 unspecified atom stereocenters. The minimum absolute atomic E-state index is 0.300. The van der Waals surface area contributed by atoms with E-state index in [-0.39, 0.29) is 0 Å². The van der Waals surface area contributed by atoms with Crippen molar-refractivity contribution >= 4 is 5.78 Å². The minimum atomic E-state index is 0.300. The van der Waals surface area contributed by atoms with Gasteiger partial charge in [-0.3, -0.25) is 4.79 Å². The highest BCUT2D eigenvalue weighted by Crippen LogP contribution is 2.43. The lowest BCUT2D eigenvalue weighted by atomic mass is 9.64. The lowest BCUT2D eigenvalue weighted by Crippen LogP contribution is -2.33. The summed E-state index contributed by atoms with van der Waals surface area (Å²) in [5.74, 6) is 4.26. The summed E-state index contributed by atoms with van der Waals surface area (Å²) < 4.78 is 0. The molecule has 1 aliphatic carbocycles. The molecule has 0 N–H and O–H groups in total. The molecule has 0 aliphatic heterocycles. The first kappa shape index (κ1) is 17.5. The standard InChI is InChI=1S/C19H34O/c1-7-13(3)11-15(5)19-12-17(10-9-14(19)4)18(8-2)16(6)20/h7,13-15,17-19H,1,8-12H2,2-6H3/t13?,14-,15-,17?,18-,19?/m0/s1. The maximum Gasteiger partial charge on any atom is 0.133 e. The van der Waals surface area contributed by atoms with E-state index in [1.807, 2.05) is 0 Å². The average Bonchev–Trinajstić information content (AvgIpc) is 2.40. The van der Waals surface area contributed by atoms with E-state index in [9.17, 15) is 4.79 Å². The number of ketones is 1. The van der Waals surface area contributed by atoms with Crippen LogP contribution in [0.15, 0.2) is 12.7 Å². The normalized spacial score (nSPS) is 31.4. The highest BCUT2D eigenvalue weighted by molar-refractivity contribution is 5.78. The molecule has 1 saturated carbocycles. The Balaban J connectivity index is 2.70. The minimum Gasteiger partial charge on any atom is -0.300 e. The van der Waals surface area contributed by atoms with Crippen molar-refractivity contribution in [3.63, 3.8) is 0 Å². The molecule has 0 spiro atoms. The average molecular weight is 278 g/mol. The molecule has 0 aromatic rings. The summed E-state index contributed by atoms with van der Waals surface area (Å²) in [5.41, 5.74) is 0. The molecule has 1 heteroatoms. The molecule has 0 aromatic carbocycles. The van der Waals surface area contributed by atoms with Crippen LogP contribution in [0.25, 0.3) is 0 Å². The Labute approximate surface area is 126 Å². The quantitative estimate of drug-likeness (QED) is 0.562. The van der Waals surface area contributed by atoms with Crippen LogP contribution in [-0.4, -0.2) is 5.78 Å². The monoisotopic (exact) mass is 278 g/mol. The Bertz CT molecular complexity index is 320. The van der Waals surface area contributed by atoms with Crippen LogP contribution in [0.2, 0.25) is 0 Å². The Morgan fingerprint density at radius 1 is 1.35 bits per heavy atom. The second-order valence-corrected chi connectivity index (χ2v) is 7.27.